The van der Waals surface area contributed by atoms with Crippen LogP contribution in [0.2, 0.25) is 0 Å². The van der Waals surface area contributed by atoms with E-state index < -0.39 is 17.6 Å². The number of thioether (sulfide) groups is 1. The van der Waals surface area contributed by atoms with E-state index in [1.54, 1.807) is 18.1 Å². The van der Waals surface area contributed by atoms with Crippen molar-refractivity contribution in [1.29, 1.82) is 0 Å². The van der Waals surface area contributed by atoms with Crippen LogP contribution in [0.15, 0.2) is 11.5 Å². The molecule has 2 aromatic heterocycles. The first-order valence-corrected chi connectivity index (χ1v) is 10.6. The van der Waals surface area contributed by atoms with Crippen molar-refractivity contribution in [3.63, 3.8) is 0 Å². The van der Waals surface area contributed by atoms with Crippen molar-refractivity contribution >= 4 is 28.7 Å². The highest BCUT2D eigenvalue weighted by molar-refractivity contribution is 7.99. The number of rotatable bonds is 4. The van der Waals surface area contributed by atoms with Crippen molar-refractivity contribution in [3.8, 4) is 0 Å². The molecule has 5 atom stereocenters. The molecule has 0 aliphatic heterocycles. The summed E-state index contributed by atoms with van der Waals surface area (Å²) < 4.78 is 1.82. The van der Waals surface area contributed by atoms with Crippen LogP contribution in [0.5, 0.6) is 0 Å². The number of nitrogens with zero attached hydrogens (tertiary/aromatic N) is 4. The molecular weight excluding hydrogens is 366 g/mol. The zero-order chi connectivity index (χ0) is 18.8. The Bertz CT molecular complexity index is 870. The molecule has 146 valence electrons. The molecule has 8 nitrogen and oxygen atoms in total. The van der Waals surface area contributed by atoms with Gasteiger partial charge in [-0.2, -0.15) is 0 Å². The SMILES string of the molecule is Nc1nc(SC2CCCCC2)nc2c1ncn2[C@H]1[C@H](O)[C@H](O)[C@]2(CO)C[C@H]12. The summed E-state index contributed by atoms with van der Waals surface area (Å²) in [5, 5.41) is 31.9. The Morgan fingerprint density at radius 3 is 2.70 bits per heavy atom. The van der Waals surface area contributed by atoms with E-state index in [0.717, 1.165) is 0 Å². The second kappa shape index (κ2) is 6.30. The molecule has 0 bridgehead atoms. The number of nitrogens with two attached hydrogens (primary N) is 1. The molecule has 2 heterocycles. The fraction of sp³-hybridized carbons (Fsp3) is 0.722. The van der Waals surface area contributed by atoms with Gasteiger partial charge in [0.25, 0.3) is 0 Å². The van der Waals surface area contributed by atoms with Crippen molar-refractivity contribution in [2.75, 3.05) is 12.3 Å². The topological polar surface area (TPSA) is 130 Å². The van der Waals surface area contributed by atoms with Gasteiger partial charge >= 0.3 is 0 Å². The summed E-state index contributed by atoms with van der Waals surface area (Å²) in [5.74, 6) is 0.352. The summed E-state index contributed by atoms with van der Waals surface area (Å²) in [4.78, 5) is 13.5. The van der Waals surface area contributed by atoms with Crippen LogP contribution in [0.3, 0.4) is 0 Å². The van der Waals surface area contributed by atoms with Gasteiger partial charge in [-0.15, -0.1) is 0 Å². The second-order valence-electron chi connectivity index (χ2n) is 8.22. The molecule has 3 aliphatic carbocycles. The standard InChI is InChI=1S/C18H25N5O3S/c19-15-11-16(22-17(21-15)27-9-4-2-1-3-5-9)23(8-20-11)12-10-6-18(10,7-24)14(26)13(12)25/h8-10,12-14,24-26H,1-7H2,(H2,19,21,22)/t10-,12-,13+,14+,18+/m1/s1. The summed E-state index contributed by atoms with van der Waals surface area (Å²) in [6.07, 6.45) is 6.52. The highest BCUT2D eigenvalue weighted by Gasteiger charge is 2.71. The molecule has 0 amide bonds. The predicted molar refractivity (Wildman–Crippen MR) is 101 cm³/mol. The van der Waals surface area contributed by atoms with Crippen molar-refractivity contribution < 1.29 is 15.3 Å². The summed E-state index contributed by atoms with van der Waals surface area (Å²) in [6.45, 7) is -0.126. The molecule has 5 N–H and O–H groups in total. The number of hydrogen-bond donors (Lipinski definition) is 4. The maximum Gasteiger partial charge on any atom is 0.191 e. The third-order valence-corrected chi connectivity index (χ3v) is 7.92. The molecule has 0 spiro atoms. The van der Waals surface area contributed by atoms with E-state index in [2.05, 4.69) is 9.97 Å². The van der Waals surface area contributed by atoms with Crippen LogP contribution in [-0.2, 0) is 0 Å². The number of fused-ring (bicyclic) bond motifs is 2. The number of aromatic nitrogens is 4. The Morgan fingerprint density at radius 2 is 2.00 bits per heavy atom. The fourth-order valence-corrected chi connectivity index (χ4v) is 6.23. The number of anilines is 1. The van der Waals surface area contributed by atoms with Gasteiger partial charge in [0.05, 0.1) is 25.1 Å². The van der Waals surface area contributed by atoms with Crippen LogP contribution >= 0.6 is 11.8 Å². The fourth-order valence-electron chi connectivity index (χ4n) is 5.07. The third kappa shape index (κ3) is 2.59. The highest BCUT2D eigenvalue weighted by Crippen LogP contribution is 2.67. The van der Waals surface area contributed by atoms with E-state index in [1.165, 1.54) is 32.1 Å². The largest absolute Gasteiger partial charge is 0.396 e. The average Bonchev–Trinajstić information content (AvgIpc) is 3.19. The zero-order valence-electron chi connectivity index (χ0n) is 15.0. The van der Waals surface area contributed by atoms with Gasteiger partial charge in [-0.25, -0.2) is 15.0 Å². The number of aliphatic hydroxyl groups is 3. The molecule has 0 radical (unpaired) electrons. The summed E-state index contributed by atoms with van der Waals surface area (Å²) in [6, 6.07) is -0.362. The van der Waals surface area contributed by atoms with Gasteiger partial charge in [-0.05, 0) is 25.2 Å². The van der Waals surface area contributed by atoms with Crippen molar-refractivity contribution in [2.45, 2.75) is 67.2 Å². The summed E-state index contributed by atoms with van der Waals surface area (Å²) in [5.41, 5.74) is 6.66. The lowest BCUT2D eigenvalue weighted by molar-refractivity contribution is -0.0300. The molecule has 27 heavy (non-hydrogen) atoms. The average molecular weight is 391 g/mol. The molecule has 2 aromatic rings. The van der Waals surface area contributed by atoms with E-state index in [9.17, 15) is 15.3 Å². The second-order valence-corrected chi connectivity index (χ2v) is 9.49. The van der Waals surface area contributed by atoms with Gasteiger partial charge in [0.15, 0.2) is 16.6 Å². The van der Waals surface area contributed by atoms with Crippen LogP contribution in [0.1, 0.15) is 44.6 Å². The van der Waals surface area contributed by atoms with E-state index in [4.69, 9.17) is 10.7 Å². The van der Waals surface area contributed by atoms with E-state index >= 15 is 0 Å². The number of nitrogen functional groups attached to an aromatic ring is 1. The lowest BCUT2D eigenvalue weighted by Gasteiger charge is -2.23. The molecule has 0 unspecified atom stereocenters. The molecule has 3 saturated carbocycles. The summed E-state index contributed by atoms with van der Waals surface area (Å²) >= 11 is 1.67. The molecule has 0 aromatic carbocycles. The number of aliphatic hydroxyl groups excluding tert-OH is 3. The number of hydrogen-bond acceptors (Lipinski definition) is 8. The van der Waals surface area contributed by atoms with Gasteiger partial charge in [0.2, 0.25) is 0 Å². The quantitative estimate of drug-likeness (QED) is 0.570. The lowest BCUT2D eigenvalue weighted by atomic mass is 10.0. The maximum absolute atomic E-state index is 10.6. The molecule has 5 rings (SSSR count). The van der Waals surface area contributed by atoms with Crippen LogP contribution in [-0.4, -0.2) is 58.9 Å². The molecule has 9 heteroatoms. The summed E-state index contributed by atoms with van der Waals surface area (Å²) in [7, 11) is 0. The van der Waals surface area contributed by atoms with Crippen molar-refractivity contribution in [2.24, 2.45) is 11.3 Å². The van der Waals surface area contributed by atoms with Crippen LogP contribution in [0.25, 0.3) is 11.2 Å². The first kappa shape index (κ1) is 17.7. The van der Waals surface area contributed by atoms with E-state index in [-0.39, 0.29) is 18.6 Å². The van der Waals surface area contributed by atoms with Gasteiger partial charge in [0.1, 0.15) is 11.6 Å². The minimum absolute atomic E-state index is 0.00976. The van der Waals surface area contributed by atoms with Gasteiger partial charge in [-0.1, -0.05) is 31.0 Å². The zero-order valence-corrected chi connectivity index (χ0v) is 15.8. The highest BCUT2D eigenvalue weighted by atomic mass is 32.2. The Labute approximate surface area is 161 Å². The van der Waals surface area contributed by atoms with Crippen LogP contribution in [0, 0.1) is 11.3 Å². The minimum Gasteiger partial charge on any atom is -0.396 e. The van der Waals surface area contributed by atoms with Crippen molar-refractivity contribution in [3.05, 3.63) is 6.33 Å². The number of imidazole rings is 1. The Balaban J connectivity index is 1.50. The van der Waals surface area contributed by atoms with E-state index in [1.807, 2.05) is 4.57 Å². The van der Waals surface area contributed by atoms with E-state index in [0.29, 0.717) is 33.8 Å². The van der Waals surface area contributed by atoms with Crippen molar-refractivity contribution in [1.82, 2.24) is 19.5 Å². The Hall–Kier alpha value is -1.42. The first-order chi connectivity index (χ1) is 13.0. The monoisotopic (exact) mass is 391 g/mol. The molecule has 3 aliphatic rings. The van der Waals surface area contributed by atoms with Crippen LogP contribution in [0.4, 0.5) is 5.82 Å². The smallest absolute Gasteiger partial charge is 0.191 e. The van der Waals surface area contributed by atoms with Gasteiger partial charge in [0, 0.05) is 10.7 Å². The molecular formula is C18H25N5O3S. The van der Waals surface area contributed by atoms with Gasteiger partial charge in [-0.3, -0.25) is 0 Å². The Morgan fingerprint density at radius 1 is 1.22 bits per heavy atom. The van der Waals surface area contributed by atoms with Gasteiger partial charge < -0.3 is 25.6 Å². The third-order valence-electron chi connectivity index (χ3n) is 6.72. The maximum atomic E-state index is 10.6. The lowest BCUT2D eigenvalue weighted by Crippen LogP contribution is -2.35. The minimum atomic E-state index is -0.959. The molecule has 0 saturated heterocycles. The Kier molecular flexibility index (Phi) is 4.12. The predicted octanol–water partition coefficient (Wildman–Crippen LogP) is 1.11. The van der Waals surface area contributed by atoms with Crippen LogP contribution < -0.4 is 5.73 Å². The molecule has 3 fully saturated rings. The normalized spacial score (nSPS) is 36.3. The first-order valence-electron chi connectivity index (χ1n) is 9.69.